The molecular formula is C12H19BrN2O3. The highest BCUT2D eigenvalue weighted by molar-refractivity contribution is 9.10. The molecule has 0 saturated carbocycles. The minimum absolute atomic E-state index is 0.212. The Hall–Kier alpha value is -1.01. The maximum absolute atomic E-state index is 11.4. The van der Waals surface area contributed by atoms with E-state index in [9.17, 15) is 4.79 Å². The molecule has 0 spiro atoms. The number of alkyl carbamates (subject to hydrolysis) is 1. The molecule has 1 heterocycles. The molecular weight excluding hydrogens is 300 g/mol. The summed E-state index contributed by atoms with van der Waals surface area (Å²) < 4.78 is 11.1. The summed E-state index contributed by atoms with van der Waals surface area (Å²) in [5, 5.41) is 2.63. The lowest BCUT2D eigenvalue weighted by molar-refractivity contribution is 0.0524. The van der Waals surface area contributed by atoms with Crippen molar-refractivity contribution in [2.75, 3.05) is 6.54 Å². The molecule has 1 aromatic heterocycles. The van der Waals surface area contributed by atoms with Gasteiger partial charge in [0.05, 0.1) is 0 Å². The Bertz CT molecular complexity index is 398. The second-order valence-corrected chi connectivity index (χ2v) is 5.83. The Balaban J connectivity index is 2.29. The molecule has 0 bridgehead atoms. The number of ether oxygens (including phenoxy) is 1. The predicted octanol–water partition coefficient (Wildman–Crippen LogP) is 2.44. The van der Waals surface area contributed by atoms with Crippen molar-refractivity contribution in [2.45, 2.75) is 38.8 Å². The van der Waals surface area contributed by atoms with E-state index in [1.807, 2.05) is 32.9 Å². The molecule has 3 N–H and O–H groups in total. The van der Waals surface area contributed by atoms with Gasteiger partial charge in [-0.25, -0.2) is 4.79 Å². The van der Waals surface area contributed by atoms with Gasteiger partial charge in [0.1, 0.15) is 11.4 Å². The Kier molecular flexibility index (Phi) is 5.22. The molecule has 102 valence electrons. The molecule has 0 fully saturated rings. The lowest BCUT2D eigenvalue weighted by Gasteiger charge is -2.20. The first kappa shape index (κ1) is 15.0. The number of hydrogen-bond acceptors (Lipinski definition) is 4. The van der Waals surface area contributed by atoms with Crippen LogP contribution in [-0.4, -0.2) is 24.3 Å². The summed E-state index contributed by atoms with van der Waals surface area (Å²) >= 11 is 3.22. The molecule has 1 atom stereocenters. The molecule has 0 aliphatic heterocycles. The minimum atomic E-state index is -0.500. The van der Waals surface area contributed by atoms with Crippen molar-refractivity contribution in [3.05, 3.63) is 22.6 Å². The molecule has 5 nitrogen and oxygen atoms in total. The van der Waals surface area contributed by atoms with Crippen LogP contribution in [0.15, 0.2) is 21.2 Å². The van der Waals surface area contributed by atoms with Gasteiger partial charge < -0.3 is 20.2 Å². The fourth-order valence-electron chi connectivity index (χ4n) is 1.32. The molecule has 1 unspecified atom stereocenters. The second kappa shape index (κ2) is 6.24. The smallest absolute Gasteiger partial charge is 0.407 e. The first-order valence-corrected chi connectivity index (χ1v) is 6.52. The van der Waals surface area contributed by atoms with Crippen molar-refractivity contribution >= 4 is 22.0 Å². The zero-order valence-corrected chi connectivity index (χ0v) is 12.4. The highest BCUT2D eigenvalue weighted by atomic mass is 79.9. The first-order chi connectivity index (χ1) is 8.26. The van der Waals surface area contributed by atoms with Crippen LogP contribution in [0.3, 0.4) is 0 Å². The number of nitrogens with one attached hydrogen (secondary N) is 1. The Morgan fingerprint density at radius 3 is 2.72 bits per heavy atom. The zero-order valence-electron chi connectivity index (χ0n) is 10.8. The van der Waals surface area contributed by atoms with E-state index < -0.39 is 11.7 Å². The van der Waals surface area contributed by atoms with Gasteiger partial charge in [-0.05, 0) is 48.8 Å². The Morgan fingerprint density at radius 2 is 2.22 bits per heavy atom. The Morgan fingerprint density at radius 1 is 1.56 bits per heavy atom. The van der Waals surface area contributed by atoms with Crippen molar-refractivity contribution in [3.8, 4) is 0 Å². The maximum atomic E-state index is 11.4. The third-order valence-corrected chi connectivity index (χ3v) is 2.43. The van der Waals surface area contributed by atoms with Gasteiger partial charge in [0.15, 0.2) is 4.67 Å². The van der Waals surface area contributed by atoms with Crippen molar-refractivity contribution in [1.82, 2.24) is 5.32 Å². The summed E-state index contributed by atoms with van der Waals surface area (Å²) in [7, 11) is 0. The molecule has 0 aliphatic carbocycles. The normalized spacial score (nSPS) is 13.2. The van der Waals surface area contributed by atoms with Crippen molar-refractivity contribution in [3.63, 3.8) is 0 Å². The Labute approximate surface area is 115 Å². The summed E-state index contributed by atoms with van der Waals surface area (Å²) in [5.74, 6) is 0.778. The van der Waals surface area contributed by atoms with Gasteiger partial charge >= 0.3 is 6.09 Å². The van der Waals surface area contributed by atoms with Gasteiger partial charge in [-0.1, -0.05) is 0 Å². The fourth-order valence-corrected chi connectivity index (χ4v) is 1.66. The number of nitrogens with two attached hydrogens (primary N) is 1. The minimum Gasteiger partial charge on any atom is -0.454 e. The molecule has 1 rings (SSSR count). The van der Waals surface area contributed by atoms with Crippen LogP contribution in [-0.2, 0) is 11.2 Å². The van der Waals surface area contributed by atoms with E-state index >= 15 is 0 Å². The van der Waals surface area contributed by atoms with Crippen LogP contribution in [0.1, 0.15) is 26.5 Å². The largest absolute Gasteiger partial charge is 0.454 e. The van der Waals surface area contributed by atoms with Gasteiger partial charge in [-0.15, -0.1) is 0 Å². The number of amides is 1. The third-order valence-electron chi connectivity index (χ3n) is 2.00. The van der Waals surface area contributed by atoms with Crippen molar-refractivity contribution in [1.29, 1.82) is 0 Å². The standard InChI is InChI=1S/C12H19BrN2O3/c1-12(2,3)18-11(16)15-7-8(14)6-9-4-5-10(13)17-9/h4-5,8H,6-7,14H2,1-3H3,(H,15,16). The number of carbonyl (C=O) groups excluding carboxylic acids is 1. The van der Waals surface area contributed by atoms with Crippen LogP contribution in [0.25, 0.3) is 0 Å². The molecule has 6 heteroatoms. The van der Waals surface area contributed by atoms with Crippen LogP contribution in [0.5, 0.6) is 0 Å². The van der Waals surface area contributed by atoms with Crippen LogP contribution >= 0.6 is 15.9 Å². The quantitative estimate of drug-likeness (QED) is 0.893. The van der Waals surface area contributed by atoms with E-state index in [1.54, 1.807) is 0 Å². The van der Waals surface area contributed by atoms with Gasteiger partial charge in [0.2, 0.25) is 0 Å². The summed E-state index contributed by atoms with van der Waals surface area (Å²) in [6.07, 6.45) is 0.0973. The number of hydrogen-bond donors (Lipinski definition) is 2. The number of carbonyl (C=O) groups is 1. The molecule has 0 saturated heterocycles. The predicted molar refractivity (Wildman–Crippen MR) is 72.3 cm³/mol. The maximum Gasteiger partial charge on any atom is 0.407 e. The highest BCUT2D eigenvalue weighted by Crippen LogP contribution is 2.15. The topological polar surface area (TPSA) is 77.5 Å². The monoisotopic (exact) mass is 318 g/mol. The summed E-state index contributed by atoms with van der Waals surface area (Å²) in [6.45, 7) is 5.78. The molecule has 1 amide bonds. The van der Waals surface area contributed by atoms with Crippen LogP contribution in [0.2, 0.25) is 0 Å². The number of halogens is 1. The lowest BCUT2D eigenvalue weighted by Crippen LogP contribution is -2.41. The third kappa shape index (κ3) is 6.07. The van der Waals surface area contributed by atoms with Gasteiger partial charge in [-0.2, -0.15) is 0 Å². The van der Waals surface area contributed by atoms with Crippen molar-refractivity contribution < 1.29 is 13.9 Å². The van der Waals surface area contributed by atoms with Crippen LogP contribution < -0.4 is 11.1 Å². The van der Waals surface area contributed by atoms with E-state index in [0.717, 1.165) is 5.76 Å². The van der Waals surface area contributed by atoms with Gasteiger partial charge in [-0.3, -0.25) is 0 Å². The van der Waals surface area contributed by atoms with Crippen LogP contribution in [0, 0.1) is 0 Å². The molecule has 18 heavy (non-hydrogen) atoms. The molecule has 0 radical (unpaired) electrons. The number of furan rings is 1. The average molecular weight is 319 g/mol. The average Bonchev–Trinajstić information content (AvgIpc) is 2.58. The van der Waals surface area contributed by atoms with Gasteiger partial charge in [0.25, 0.3) is 0 Å². The molecule has 1 aromatic rings. The SMILES string of the molecule is CC(C)(C)OC(=O)NCC(N)Cc1ccc(Br)o1. The van der Waals surface area contributed by atoms with E-state index in [2.05, 4.69) is 21.2 Å². The van der Waals surface area contributed by atoms with Gasteiger partial charge in [0, 0.05) is 19.0 Å². The summed E-state index contributed by atoms with van der Waals surface area (Å²) in [4.78, 5) is 11.4. The van der Waals surface area contributed by atoms with Crippen LogP contribution in [0.4, 0.5) is 4.79 Å². The summed E-state index contributed by atoms with van der Waals surface area (Å²) in [6, 6.07) is 3.44. The van der Waals surface area contributed by atoms with E-state index in [-0.39, 0.29) is 6.04 Å². The number of rotatable bonds is 4. The first-order valence-electron chi connectivity index (χ1n) is 5.73. The van der Waals surface area contributed by atoms with E-state index in [4.69, 9.17) is 14.9 Å². The molecule has 0 aromatic carbocycles. The summed E-state index contributed by atoms with van der Waals surface area (Å²) in [5.41, 5.74) is 5.38. The second-order valence-electron chi connectivity index (χ2n) is 5.05. The van der Waals surface area contributed by atoms with E-state index in [0.29, 0.717) is 17.6 Å². The highest BCUT2D eigenvalue weighted by Gasteiger charge is 2.16. The lowest BCUT2D eigenvalue weighted by atomic mass is 10.2. The van der Waals surface area contributed by atoms with Crippen molar-refractivity contribution in [2.24, 2.45) is 5.73 Å². The zero-order chi connectivity index (χ0) is 13.8. The van der Waals surface area contributed by atoms with E-state index in [1.165, 1.54) is 0 Å². The molecule has 0 aliphatic rings. The fraction of sp³-hybridized carbons (Fsp3) is 0.583.